The van der Waals surface area contributed by atoms with E-state index in [-0.39, 0.29) is 20.4 Å². The van der Waals surface area contributed by atoms with Crippen molar-refractivity contribution in [2.75, 3.05) is 33.6 Å². The van der Waals surface area contributed by atoms with Gasteiger partial charge in [0, 0.05) is 0 Å². The smallest absolute Gasteiger partial charge is 0.149 e. The molecule has 0 aliphatic carbocycles. The molecule has 0 rings (SSSR count). The highest BCUT2D eigenvalue weighted by Crippen LogP contribution is 1.77. The molecule has 0 aromatic rings. The van der Waals surface area contributed by atoms with E-state index in [1.807, 2.05) is 0 Å². The first kappa shape index (κ1) is 15.3. The monoisotopic (exact) mass is 196 g/mol. The van der Waals surface area contributed by atoms with Crippen LogP contribution in [0, 0.1) is 0 Å². The molecule has 0 bridgehead atoms. The van der Waals surface area contributed by atoms with Crippen molar-refractivity contribution in [2.45, 2.75) is 20.3 Å². The largest absolute Gasteiger partial charge is 0.371 e. The van der Waals surface area contributed by atoms with Crippen molar-refractivity contribution in [1.29, 1.82) is 0 Å². The summed E-state index contributed by atoms with van der Waals surface area (Å²) in [4.78, 5) is 0. The van der Waals surface area contributed by atoms with Crippen LogP contribution < -0.4 is 0 Å². The Morgan fingerprint density at radius 1 is 0.846 bits per heavy atom. The SMILES string of the molecule is CCC.OCOCCOCOCO. The molecular formula is C8H20O5. The summed E-state index contributed by atoms with van der Waals surface area (Å²) in [6, 6.07) is 0. The molecule has 0 fully saturated rings. The van der Waals surface area contributed by atoms with E-state index in [1.54, 1.807) is 0 Å². The van der Waals surface area contributed by atoms with E-state index in [0.29, 0.717) is 13.2 Å². The van der Waals surface area contributed by atoms with E-state index in [1.165, 1.54) is 6.42 Å². The zero-order valence-corrected chi connectivity index (χ0v) is 8.36. The second-order valence-corrected chi connectivity index (χ2v) is 2.10. The quantitative estimate of drug-likeness (QED) is 0.453. The van der Waals surface area contributed by atoms with E-state index in [0.717, 1.165) is 0 Å². The summed E-state index contributed by atoms with van der Waals surface area (Å²) in [5.41, 5.74) is 0. The lowest BCUT2D eigenvalue weighted by molar-refractivity contribution is -0.121. The van der Waals surface area contributed by atoms with Gasteiger partial charge in [0.1, 0.15) is 20.4 Å². The van der Waals surface area contributed by atoms with Crippen molar-refractivity contribution in [3.8, 4) is 0 Å². The van der Waals surface area contributed by atoms with E-state index in [9.17, 15) is 0 Å². The molecule has 0 aromatic carbocycles. The minimum absolute atomic E-state index is 0.0469. The van der Waals surface area contributed by atoms with Crippen molar-refractivity contribution in [2.24, 2.45) is 0 Å². The average Bonchev–Trinajstić information content (AvgIpc) is 2.13. The lowest BCUT2D eigenvalue weighted by Crippen LogP contribution is -2.07. The topological polar surface area (TPSA) is 68.2 Å². The van der Waals surface area contributed by atoms with Gasteiger partial charge in [-0.1, -0.05) is 20.3 Å². The molecule has 0 aliphatic rings. The van der Waals surface area contributed by atoms with Gasteiger partial charge in [0.05, 0.1) is 13.2 Å². The van der Waals surface area contributed by atoms with Gasteiger partial charge in [-0.3, -0.25) is 0 Å². The first-order valence-electron chi connectivity index (χ1n) is 4.28. The maximum atomic E-state index is 8.12. The molecule has 0 radical (unpaired) electrons. The van der Waals surface area contributed by atoms with Crippen LogP contribution in [-0.2, 0) is 14.2 Å². The third kappa shape index (κ3) is 24.5. The molecule has 82 valence electrons. The van der Waals surface area contributed by atoms with Gasteiger partial charge in [-0.2, -0.15) is 0 Å². The van der Waals surface area contributed by atoms with Gasteiger partial charge in [-0.05, 0) is 0 Å². The minimum Gasteiger partial charge on any atom is -0.371 e. The maximum absolute atomic E-state index is 8.12. The van der Waals surface area contributed by atoms with Crippen molar-refractivity contribution in [3.05, 3.63) is 0 Å². The number of aliphatic hydroxyl groups is 2. The fraction of sp³-hybridized carbons (Fsp3) is 1.00. The van der Waals surface area contributed by atoms with Gasteiger partial charge in [0.2, 0.25) is 0 Å². The molecule has 5 heteroatoms. The third-order valence-corrected chi connectivity index (χ3v) is 0.721. The molecule has 0 spiro atoms. The predicted octanol–water partition coefficient (Wildman–Crippen LogP) is 0.310. The van der Waals surface area contributed by atoms with E-state index < -0.39 is 0 Å². The van der Waals surface area contributed by atoms with Gasteiger partial charge in [0.15, 0.2) is 0 Å². The standard InChI is InChI=1S/C5H12O5.C3H8/c6-3-8-1-2-9-5-10-4-7;1-3-2/h6-7H,1-5H2;3H2,1-2H3. The summed E-state index contributed by atoms with van der Waals surface area (Å²) in [5, 5.41) is 16.2. The Kier molecular flexibility index (Phi) is 20.9. The summed E-state index contributed by atoms with van der Waals surface area (Å²) in [5.74, 6) is 0. The fourth-order valence-electron chi connectivity index (χ4n) is 0.338. The van der Waals surface area contributed by atoms with E-state index >= 15 is 0 Å². The first-order chi connectivity index (χ1) is 6.33. The van der Waals surface area contributed by atoms with Crippen LogP contribution in [0.25, 0.3) is 0 Å². The van der Waals surface area contributed by atoms with Gasteiger partial charge < -0.3 is 24.4 Å². The van der Waals surface area contributed by atoms with Gasteiger partial charge in [0.25, 0.3) is 0 Å². The molecule has 0 amide bonds. The zero-order valence-electron chi connectivity index (χ0n) is 8.36. The van der Waals surface area contributed by atoms with Crippen LogP contribution in [0.15, 0.2) is 0 Å². The molecule has 0 atom stereocenters. The van der Waals surface area contributed by atoms with Crippen LogP contribution in [0.3, 0.4) is 0 Å². The number of rotatable bonds is 7. The average molecular weight is 196 g/mol. The molecule has 5 nitrogen and oxygen atoms in total. The van der Waals surface area contributed by atoms with E-state index in [4.69, 9.17) is 14.9 Å². The van der Waals surface area contributed by atoms with Gasteiger partial charge in [-0.25, -0.2) is 0 Å². The molecule has 0 saturated carbocycles. The Morgan fingerprint density at radius 2 is 1.31 bits per heavy atom. The fourth-order valence-corrected chi connectivity index (χ4v) is 0.338. The van der Waals surface area contributed by atoms with Crippen molar-refractivity contribution in [3.63, 3.8) is 0 Å². The lowest BCUT2D eigenvalue weighted by Gasteiger charge is -2.02. The summed E-state index contributed by atoms with van der Waals surface area (Å²) >= 11 is 0. The number of ether oxygens (including phenoxy) is 3. The molecular weight excluding hydrogens is 176 g/mol. The Labute approximate surface area is 79.2 Å². The molecule has 13 heavy (non-hydrogen) atoms. The molecule has 0 saturated heterocycles. The summed E-state index contributed by atoms with van der Waals surface area (Å²) in [7, 11) is 0. The Bertz CT molecular complexity index is 61.6. The number of hydrogen-bond acceptors (Lipinski definition) is 5. The van der Waals surface area contributed by atoms with Gasteiger partial charge in [-0.15, -0.1) is 0 Å². The number of hydrogen-bond donors (Lipinski definition) is 2. The maximum Gasteiger partial charge on any atom is 0.149 e. The molecule has 0 unspecified atom stereocenters. The number of aliphatic hydroxyl groups excluding tert-OH is 2. The lowest BCUT2D eigenvalue weighted by atomic mass is 10.6. The van der Waals surface area contributed by atoms with Crippen LogP contribution in [0.5, 0.6) is 0 Å². The van der Waals surface area contributed by atoms with Crippen LogP contribution >= 0.6 is 0 Å². The highest BCUT2D eigenvalue weighted by Gasteiger charge is 1.86. The highest BCUT2D eigenvalue weighted by atomic mass is 16.7. The summed E-state index contributed by atoms with van der Waals surface area (Å²) in [6.45, 7) is 4.32. The van der Waals surface area contributed by atoms with Crippen LogP contribution in [-0.4, -0.2) is 43.8 Å². The third-order valence-electron chi connectivity index (χ3n) is 0.721. The zero-order chi connectivity index (χ0) is 10.4. The normalized spacial score (nSPS) is 9.23. The summed E-state index contributed by atoms with van der Waals surface area (Å²) in [6.07, 6.45) is 1.25. The van der Waals surface area contributed by atoms with Crippen molar-refractivity contribution in [1.82, 2.24) is 0 Å². The van der Waals surface area contributed by atoms with Crippen molar-refractivity contribution < 1.29 is 24.4 Å². The molecule has 0 heterocycles. The highest BCUT2D eigenvalue weighted by molar-refractivity contribution is 4.21. The minimum atomic E-state index is -0.346. The van der Waals surface area contributed by atoms with Crippen LogP contribution in [0.4, 0.5) is 0 Å². The predicted molar refractivity (Wildman–Crippen MR) is 48.0 cm³/mol. The second kappa shape index (κ2) is 17.8. The second-order valence-electron chi connectivity index (χ2n) is 2.10. The van der Waals surface area contributed by atoms with Crippen molar-refractivity contribution >= 4 is 0 Å². The van der Waals surface area contributed by atoms with Gasteiger partial charge >= 0.3 is 0 Å². The summed E-state index contributed by atoms with van der Waals surface area (Å²) < 4.78 is 13.7. The van der Waals surface area contributed by atoms with Crippen LogP contribution in [0.2, 0.25) is 0 Å². The Hall–Kier alpha value is -0.200. The molecule has 0 aromatic heterocycles. The molecule has 2 N–H and O–H groups in total. The van der Waals surface area contributed by atoms with E-state index in [2.05, 4.69) is 23.3 Å². The Balaban J connectivity index is 0. The molecule has 0 aliphatic heterocycles. The van der Waals surface area contributed by atoms with Crippen LogP contribution in [0.1, 0.15) is 20.3 Å². The Morgan fingerprint density at radius 3 is 1.77 bits per heavy atom. The first-order valence-corrected chi connectivity index (χ1v) is 4.28.